The van der Waals surface area contributed by atoms with Gasteiger partial charge in [0.15, 0.2) is 11.1 Å². The first-order valence-corrected chi connectivity index (χ1v) is 12.7. The van der Waals surface area contributed by atoms with Crippen LogP contribution < -0.4 is 20.3 Å². The van der Waals surface area contributed by atoms with Crippen LogP contribution in [0.2, 0.25) is 0 Å². The summed E-state index contributed by atoms with van der Waals surface area (Å²) < 4.78 is 16.4. The van der Waals surface area contributed by atoms with E-state index in [-0.39, 0.29) is 55.1 Å². The van der Waals surface area contributed by atoms with Gasteiger partial charge in [-0.15, -0.1) is 0 Å². The molecule has 40 heavy (non-hydrogen) atoms. The van der Waals surface area contributed by atoms with Crippen LogP contribution in [0, 0.1) is 0 Å². The molecule has 3 aliphatic rings. The molecular formula is C27H25N5O8. The number of hydrogen-bond donors (Lipinski definition) is 2. The number of benzene rings is 1. The van der Waals surface area contributed by atoms with Crippen molar-refractivity contribution >= 4 is 46.6 Å². The van der Waals surface area contributed by atoms with Crippen LogP contribution in [0.3, 0.4) is 0 Å². The Bertz CT molecular complexity index is 1600. The van der Waals surface area contributed by atoms with Crippen molar-refractivity contribution in [3.8, 4) is 5.75 Å². The Morgan fingerprint density at radius 3 is 2.73 bits per heavy atom. The summed E-state index contributed by atoms with van der Waals surface area (Å²) in [6, 6.07) is 8.23. The van der Waals surface area contributed by atoms with Gasteiger partial charge in [-0.05, 0) is 43.2 Å². The molecular weight excluding hydrogens is 522 g/mol. The maximum atomic E-state index is 13.2. The van der Waals surface area contributed by atoms with E-state index in [1.807, 2.05) is 0 Å². The lowest BCUT2D eigenvalue weighted by atomic mass is 9.95. The van der Waals surface area contributed by atoms with E-state index in [2.05, 4.69) is 15.6 Å². The summed E-state index contributed by atoms with van der Waals surface area (Å²) in [6.45, 7) is 1.89. The molecule has 2 aromatic heterocycles. The van der Waals surface area contributed by atoms with Gasteiger partial charge in [-0.25, -0.2) is 14.6 Å². The predicted molar refractivity (Wildman–Crippen MR) is 137 cm³/mol. The molecule has 2 unspecified atom stereocenters. The third-order valence-electron chi connectivity index (χ3n) is 7.36. The monoisotopic (exact) mass is 547 g/mol. The maximum Gasteiger partial charge on any atom is 0.329 e. The van der Waals surface area contributed by atoms with E-state index in [0.29, 0.717) is 23.3 Å². The third-order valence-corrected chi connectivity index (χ3v) is 7.36. The van der Waals surface area contributed by atoms with Gasteiger partial charge >= 0.3 is 12.0 Å². The molecule has 2 N–H and O–H groups in total. The number of furan rings is 1. The smallest absolute Gasteiger partial charge is 0.329 e. The van der Waals surface area contributed by atoms with Crippen LogP contribution in [0.5, 0.6) is 5.75 Å². The molecule has 3 aromatic rings. The molecule has 2 atom stereocenters. The zero-order chi connectivity index (χ0) is 28.2. The molecule has 2 fully saturated rings. The average Bonchev–Trinajstić information content (AvgIpc) is 3.68. The van der Waals surface area contributed by atoms with Crippen molar-refractivity contribution in [3.05, 3.63) is 53.3 Å². The normalized spacial score (nSPS) is 22.1. The quantitative estimate of drug-likeness (QED) is 0.331. The Morgan fingerprint density at radius 2 is 2.00 bits per heavy atom. The van der Waals surface area contributed by atoms with Crippen molar-refractivity contribution in [1.29, 1.82) is 0 Å². The number of rotatable bonds is 7. The van der Waals surface area contributed by atoms with E-state index in [9.17, 15) is 24.0 Å². The number of amides is 5. The molecule has 206 valence electrons. The van der Waals surface area contributed by atoms with E-state index in [1.54, 1.807) is 37.3 Å². The van der Waals surface area contributed by atoms with Gasteiger partial charge in [0.25, 0.3) is 11.8 Å². The molecule has 6 rings (SSSR count). The number of fused-ring (bicyclic) bond motifs is 2. The third kappa shape index (κ3) is 3.92. The molecule has 0 aliphatic carbocycles. The summed E-state index contributed by atoms with van der Waals surface area (Å²) in [7, 11) is 1.50. The second kappa shape index (κ2) is 9.36. The maximum absolute atomic E-state index is 13.2. The number of nitrogens with zero attached hydrogens (tertiary/aromatic N) is 3. The van der Waals surface area contributed by atoms with Gasteiger partial charge in [0.05, 0.1) is 20.3 Å². The lowest BCUT2D eigenvalue weighted by Crippen LogP contribution is -2.52. The molecule has 0 radical (unpaired) electrons. The van der Waals surface area contributed by atoms with Gasteiger partial charge in [0.2, 0.25) is 5.91 Å². The van der Waals surface area contributed by atoms with Crippen LogP contribution in [0.15, 0.2) is 40.8 Å². The number of aromatic nitrogens is 1. The lowest BCUT2D eigenvalue weighted by molar-refractivity contribution is -0.144. The summed E-state index contributed by atoms with van der Waals surface area (Å²) >= 11 is 0. The number of nitrogens with one attached hydrogen (secondary N) is 2. The minimum absolute atomic E-state index is 0.0616. The van der Waals surface area contributed by atoms with Crippen LogP contribution in [0.4, 0.5) is 10.6 Å². The number of hydrogen-bond acceptors (Lipinski definition) is 9. The number of carbonyl (C=O) groups is 5. The Hall–Kier alpha value is -4.94. The van der Waals surface area contributed by atoms with Crippen molar-refractivity contribution in [2.24, 2.45) is 0 Å². The van der Waals surface area contributed by atoms with Crippen LogP contribution in [-0.2, 0) is 31.2 Å². The van der Waals surface area contributed by atoms with Crippen molar-refractivity contribution in [1.82, 2.24) is 20.5 Å². The van der Waals surface area contributed by atoms with Gasteiger partial charge in [-0.1, -0.05) is 6.07 Å². The number of methoxy groups -OCH3 is 1. The fraction of sp³-hybridized carbons (Fsp3) is 0.333. The largest absolute Gasteiger partial charge is 0.497 e. The Kier molecular flexibility index (Phi) is 5.93. The van der Waals surface area contributed by atoms with E-state index < -0.39 is 29.5 Å². The summed E-state index contributed by atoms with van der Waals surface area (Å²) in [5.74, 6) is -0.972. The van der Waals surface area contributed by atoms with Gasteiger partial charge in [0.1, 0.15) is 28.9 Å². The van der Waals surface area contributed by atoms with E-state index >= 15 is 0 Å². The average molecular weight is 548 g/mol. The molecule has 0 saturated carbocycles. The van der Waals surface area contributed by atoms with Crippen molar-refractivity contribution in [2.45, 2.75) is 37.9 Å². The minimum Gasteiger partial charge on any atom is -0.497 e. The van der Waals surface area contributed by atoms with E-state index in [4.69, 9.17) is 13.9 Å². The highest BCUT2D eigenvalue weighted by molar-refractivity contribution is 6.08. The zero-order valence-corrected chi connectivity index (χ0v) is 21.7. The second-order valence-corrected chi connectivity index (χ2v) is 9.73. The zero-order valence-electron chi connectivity index (χ0n) is 21.7. The van der Waals surface area contributed by atoms with E-state index in [0.717, 1.165) is 5.56 Å². The highest BCUT2D eigenvalue weighted by atomic mass is 16.5. The number of esters is 1. The molecule has 5 amide bonds. The van der Waals surface area contributed by atoms with Crippen molar-refractivity contribution < 1.29 is 37.9 Å². The Labute approximate surface area is 227 Å². The van der Waals surface area contributed by atoms with Crippen molar-refractivity contribution in [3.63, 3.8) is 0 Å². The molecule has 13 nitrogen and oxygen atoms in total. The highest BCUT2D eigenvalue weighted by Gasteiger charge is 2.53. The first-order valence-electron chi connectivity index (χ1n) is 12.7. The first-order chi connectivity index (χ1) is 19.2. The Balaban J connectivity index is 1.35. The van der Waals surface area contributed by atoms with Crippen molar-refractivity contribution in [2.75, 3.05) is 25.2 Å². The first kappa shape index (κ1) is 25.3. The molecule has 13 heteroatoms. The number of carbonyl (C=O) groups excluding carboxylic acids is 5. The van der Waals surface area contributed by atoms with Crippen LogP contribution in [0.1, 0.15) is 41.4 Å². The fourth-order valence-corrected chi connectivity index (χ4v) is 5.43. The summed E-state index contributed by atoms with van der Waals surface area (Å²) in [5.41, 5.74) is 0.0575. The lowest BCUT2D eigenvalue weighted by Gasteiger charge is -2.28. The minimum atomic E-state index is -1.73. The number of urea groups is 1. The van der Waals surface area contributed by atoms with Gasteiger partial charge in [0, 0.05) is 24.6 Å². The standard InChI is InChI=1S/C27H25N5O8/c1-3-39-24(35)18-6-9-22(33)32(18)21-8-7-19-17(28-21)11-20(40-19)27(25(36)29-26(37)30-27)13-31-12-14-4-5-15(38-2)10-16(14)23(31)34/h4-5,7-8,10-11,18H,3,6,9,12-13H2,1-2H3,(H2,29,30,36,37). The van der Waals surface area contributed by atoms with E-state index in [1.165, 1.54) is 23.0 Å². The highest BCUT2D eigenvalue weighted by Crippen LogP contribution is 2.36. The molecule has 5 heterocycles. The molecule has 1 aromatic carbocycles. The molecule has 3 aliphatic heterocycles. The fourth-order valence-electron chi connectivity index (χ4n) is 5.43. The molecule has 0 bridgehead atoms. The predicted octanol–water partition coefficient (Wildman–Crippen LogP) is 1.59. The SMILES string of the molecule is CCOC(=O)C1CCC(=O)N1c1ccc2oc(C3(CN4Cc5ccc(OC)cc5C4=O)NC(=O)NC3=O)cc2n1. The Morgan fingerprint density at radius 1 is 1.18 bits per heavy atom. The van der Waals surface area contributed by atoms with Crippen LogP contribution in [0.25, 0.3) is 11.1 Å². The number of pyridine rings is 1. The summed E-state index contributed by atoms with van der Waals surface area (Å²) in [5, 5.41) is 4.88. The van der Waals surface area contributed by atoms with Gasteiger partial charge in [-0.3, -0.25) is 24.6 Å². The second-order valence-electron chi connectivity index (χ2n) is 9.73. The topological polar surface area (TPSA) is 160 Å². The number of imide groups is 1. The van der Waals surface area contributed by atoms with Crippen LogP contribution in [-0.4, -0.2) is 65.9 Å². The molecule has 0 spiro atoms. The summed E-state index contributed by atoms with van der Waals surface area (Å²) in [6.07, 6.45) is 0.481. The van der Waals surface area contributed by atoms with Gasteiger partial charge in [-0.2, -0.15) is 0 Å². The van der Waals surface area contributed by atoms with Crippen LogP contribution >= 0.6 is 0 Å². The van der Waals surface area contributed by atoms with Gasteiger partial charge < -0.3 is 24.1 Å². The number of ether oxygens (including phenoxy) is 2. The molecule has 2 saturated heterocycles. The summed E-state index contributed by atoms with van der Waals surface area (Å²) in [4.78, 5) is 71.2. The number of anilines is 1.